The minimum atomic E-state index is -3.42. The van der Waals surface area contributed by atoms with Gasteiger partial charge in [0, 0.05) is 0 Å². The molecule has 5 nitrogen and oxygen atoms in total. The van der Waals surface area contributed by atoms with Crippen molar-refractivity contribution in [2.24, 2.45) is 5.92 Å². The van der Waals surface area contributed by atoms with E-state index < -0.39 is 16.0 Å². The first kappa shape index (κ1) is 15.3. The first-order valence-electron chi connectivity index (χ1n) is 6.68. The summed E-state index contributed by atoms with van der Waals surface area (Å²) in [5.74, 6) is -0.166. The molecule has 2 rings (SSSR count). The molecule has 0 spiro atoms. The number of sulfonamides is 1. The van der Waals surface area contributed by atoms with Crippen molar-refractivity contribution < 1.29 is 17.9 Å². The molecule has 7 heteroatoms. The number of carbonyl (C=O) groups excluding carboxylic acids is 1. The number of methoxy groups -OCH3 is 1. The van der Waals surface area contributed by atoms with Crippen molar-refractivity contribution in [3.8, 4) is 0 Å². The van der Waals surface area contributed by atoms with Gasteiger partial charge in [-0.1, -0.05) is 19.3 Å². The highest BCUT2D eigenvalue weighted by Gasteiger charge is 2.23. The molecule has 0 unspecified atom stereocenters. The molecule has 0 bridgehead atoms. The summed E-state index contributed by atoms with van der Waals surface area (Å²) in [6, 6.07) is 1.59. The van der Waals surface area contributed by atoms with Crippen LogP contribution in [0.4, 0.5) is 5.69 Å². The zero-order valence-corrected chi connectivity index (χ0v) is 13.1. The minimum Gasteiger partial charge on any atom is -0.465 e. The lowest BCUT2D eigenvalue weighted by molar-refractivity contribution is 0.0607. The maximum atomic E-state index is 12.2. The van der Waals surface area contributed by atoms with Crippen molar-refractivity contribution in [2.45, 2.75) is 32.1 Å². The molecule has 1 N–H and O–H groups in total. The second kappa shape index (κ2) is 6.58. The number of esters is 1. The van der Waals surface area contributed by atoms with Crippen LogP contribution in [0.1, 0.15) is 41.8 Å². The standard InChI is InChI=1S/C13H19NO4S2/c1-18-13(15)12-11(7-8-19-12)14-20(16,17)9-10-5-3-2-4-6-10/h7-8,10,14H,2-6,9H2,1H3. The van der Waals surface area contributed by atoms with Crippen LogP contribution in [0, 0.1) is 5.92 Å². The number of hydrogen-bond donors (Lipinski definition) is 1. The average molecular weight is 317 g/mol. The van der Waals surface area contributed by atoms with Gasteiger partial charge in [0.15, 0.2) is 0 Å². The van der Waals surface area contributed by atoms with Crippen LogP contribution >= 0.6 is 11.3 Å². The monoisotopic (exact) mass is 317 g/mol. The lowest BCUT2D eigenvalue weighted by Gasteiger charge is -2.21. The number of ether oxygens (including phenoxy) is 1. The Balaban J connectivity index is 2.04. The summed E-state index contributed by atoms with van der Waals surface area (Å²) in [6.45, 7) is 0. The largest absolute Gasteiger partial charge is 0.465 e. The Hall–Kier alpha value is -1.08. The molecule has 0 amide bonds. The fraction of sp³-hybridized carbons (Fsp3) is 0.615. The Morgan fingerprint density at radius 1 is 1.40 bits per heavy atom. The van der Waals surface area contributed by atoms with E-state index in [2.05, 4.69) is 9.46 Å². The molecule has 0 aliphatic heterocycles. The van der Waals surface area contributed by atoms with Gasteiger partial charge in [0.2, 0.25) is 10.0 Å². The maximum Gasteiger partial charge on any atom is 0.350 e. The molecule has 0 atom stereocenters. The van der Waals surface area contributed by atoms with Gasteiger partial charge in [-0.15, -0.1) is 11.3 Å². The second-order valence-electron chi connectivity index (χ2n) is 5.04. The van der Waals surface area contributed by atoms with E-state index in [0.29, 0.717) is 10.6 Å². The topological polar surface area (TPSA) is 72.5 Å². The summed E-state index contributed by atoms with van der Waals surface area (Å²) in [4.78, 5) is 11.8. The minimum absolute atomic E-state index is 0.128. The van der Waals surface area contributed by atoms with Gasteiger partial charge < -0.3 is 4.74 Å². The van der Waals surface area contributed by atoms with Gasteiger partial charge in [0.1, 0.15) is 4.88 Å². The molecular weight excluding hydrogens is 298 g/mol. The van der Waals surface area contributed by atoms with Crippen LogP contribution in [0.3, 0.4) is 0 Å². The first-order valence-corrected chi connectivity index (χ1v) is 9.21. The van der Waals surface area contributed by atoms with Gasteiger partial charge in [-0.3, -0.25) is 4.72 Å². The van der Waals surface area contributed by atoms with E-state index in [1.165, 1.54) is 24.9 Å². The SMILES string of the molecule is COC(=O)c1sccc1NS(=O)(=O)CC1CCCCC1. The molecule has 20 heavy (non-hydrogen) atoms. The molecule has 1 aliphatic rings. The van der Waals surface area contributed by atoms with E-state index in [4.69, 9.17) is 0 Å². The quantitative estimate of drug-likeness (QED) is 0.848. The van der Waals surface area contributed by atoms with Crippen LogP contribution in [0.25, 0.3) is 0 Å². The summed E-state index contributed by atoms with van der Waals surface area (Å²) in [6.07, 6.45) is 5.34. The van der Waals surface area contributed by atoms with Gasteiger partial charge in [-0.05, 0) is 30.2 Å². The molecule has 1 aliphatic carbocycles. The molecule has 1 heterocycles. The molecule has 0 aromatic carbocycles. The number of anilines is 1. The lowest BCUT2D eigenvalue weighted by Crippen LogP contribution is -2.24. The molecule has 112 valence electrons. The Morgan fingerprint density at radius 3 is 2.75 bits per heavy atom. The zero-order chi connectivity index (χ0) is 14.6. The van der Waals surface area contributed by atoms with Crippen LogP contribution in [-0.4, -0.2) is 27.2 Å². The number of hydrogen-bond acceptors (Lipinski definition) is 5. The summed E-state index contributed by atoms with van der Waals surface area (Å²) >= 11 is 1.17. The van der Waals surface area contributed by atoms with E-state index in [1.54, 1.807) is 11.4 Å². The van der Waals surface area contributed by atoms with Gasteiger partial charge in [-0.25, -0.2) is 13.2 Å². The van der Waals surface area contributed by atoms with E-state index in [9.17, 15) is 13.2 Å². The molecule has 1 aromatic rings. The molecule has 0 saturated heterocycles. The third kappa shape index (κ3) is 3.96. The van der Waals surface area contributed by atoms with E-state index in [-0.39, 0.29) is 11.7 Å². The van der Waals surface area contributed by atoms with Crippen molar-refractivity contribution >= 4 is 33.0 Å². The third-order valence-electron chi connectivity index (χ3n) is 3.48. The smallest absolute Gasteiger partial charge is 0.350 e. The molecule has 1 saturated carbocycles. The van der Waals surface area contributed by atoms with E-state index in [0.717, 1.165) is 25.7 Å². The maximum absolute atomic E-state index is 12.2. The highest BCUT2D eigenvalue weighted by atomic mass is 32.2. The number of carbonyl (C=O) groups is 1. The van der Waals surface area contributed by atoms with Crippen LogP contribution in [0.2, 0.25) is 0 Å². The van der Waals surface area contributed by atoms with Crippen molar-refractivity contribution in [1.29, 1.82) is 0 Å². The first-order chi connectivity index (χ1) is 9.52. The van der Waals surface area contributed by atoms with Gasteiger partial charge in [0.25, 0.3) is 0 Å². The summed E-state index contributed by atoms with van der Waals surface area (Å²) < 4.78 is 31.5. The lowest BCUT2D eigenvalue weighted by atomic mass is 9.91. The second-order valence-corrected chi connectivity index (χ2v) is 7.73. The van der Waals surface area contributed by atoms with Gasteiger partial charge in [0.05, 0.1) is 18.6 Å². The summed E-state index contributed by atoms with van der Waals surface area (Å²) in [7, 11) is -2.14. The number of nitrogens with one attached hydrogen (secondary N) is 1. The molecule has 1 aromatic heterocycles. The zero-order valence-electron chi connectivity index (χ0n) is 11.4. The van der Waals surface area contributed by atoms with Crippen molar-refractivity contribution in [3.05, 3.63) is 16.3 Å². The Bertz CT molecular complexity index is 559. The number of rotatable bonds is 5. The van der Waals surface area contributed by atoms with Crippen molar-refractivity contribution in [2.75, 3.05) is 17.6 Å². The highest BCUT2D eigenvalue weighted by molar-refractivity contribution is 7.92. The average Bonchev–Trinajstić information content (AvgIpc) is 2.85. The third-order valence-corrected chi connectivity index (χ3v) is 5.82. The normalized spacial score (nSPS) is 16.9. The van der Waals surface area contributed by atoms with Crippen molar-refractivity contribution in [1.82, 2.24) is 0 Å². The summed E-state index contributed by atoms with van der Waals surface area (Å²) in [5.41, 5.74) is 0.317. The Kier molecular flexibility index (Phi) is 5.04. The fourth-order valence-corrected chi connectivity index (χ4v) is 4.89. The molecular formula is C13H19NO4S2. The summed E-state index contributed by atoms with van der Waals surface area (Å²) in [5, 5.41) is 1.67. The number of thiophene rings is 1. The van der Waals surface area contributed by atoms with Gasteiger partial charge in [-0.2, -0.15) is 0 Å². The van der Waals surface area contributed by atoms with Crippen LogP contribution in [0.5, 0.6) is 0 Å². The molecule has 1 fully saturated rings. The fourth-order valence-electron chi connectivity index (χ4n) is 2.51. The van der Waals surface area contributed by atoms with Crippen molar-refractivity contribution in [3.63, 3.8) is 0 Å². The van der Waals surface area contributed by atoms with Crippen LogP contribution in [-0.2, 0) is 14.8 Å². The highest BCUT2D eigenvalue weighted by Crippen LogP contribution is 2.27. The van der Waals surface area contributed by atoms with Gasteiger partial charge >= 0.3 is 5.97 Å². The Labute approximate surface area is 123 Å². The predicted molar refractivity (Wildman–Crippen MR) is 79.6 cm³/mol. The van der Waals surface area contributed by atoms with Crippen LogP contribution < -0.4 is 4.72 Å². The predicted octanol–water partition coefficient (Wildman–Crippen LogP) is 2.86. The van der Waals surface area contributed by atoms with Crippen LogP contribution in [0.15, 0.2) is 11.4 Å². The molecule has 0 radical (unpaired) electrons. The van der Waals surface area contributed by atoms with E-state index in [1.807, 2.05) is 0 Å². The van der Waals surface area contributed by atoms with E-state index >= 15 is 0 Å². The Morgan fingerprint density at radius 2 is 2.10 bits per heavy atom.